The monoisotopic (exact) mass is 340 g/mol. The molecule has 3 nitrogen and oxygen atoms in total. The van der Waals surface area contributed by atoms with Crippen LogP contribution < -0.4 is 5.32 Å². The zero-order valence-electron chi connectivity index (χ0n) is 13.4. The first-order chi connectivity index (χ1) is 11.5. The first-order valence-corrected chi connectivity index (χ1v) is 8.53. The van der Waals surface area contributed by atoms with Crippen LogP contribution in [0, 0.1) is 5.82 Å². The Kier molecular flexibility index (Phi) is 4.71. The first-order valence-electron chi connectivity index (χ1n) is 7.65. The average Bonchev–Trinajstić information content (AvgIpc) is 3.04. The van der Waals surface area contributed by atoms with Gasteiger partial charge in [-0.25, -0.2) is 9.37 Å². The number of nitrogens with one attached hydrogen (secondary N) is 1. The molecular weight excluding hydrogens is 323 g/mol. The normalized spacial score (nSPS) is 10.8. The van der Waals surface area contributed by atoms with E-state index in [2.05, 4.69) is 36.3 Å². The fourth-order valence-electron chi connectivity index (χ4n) is 2.27. The minimum atomic E-state index is -0.368. The molecule has 3 rings (SSSR count). The molecule has 0 aliphatic carbocycles. The van der Waals surface area contributed by atoms with Crippen LogP contribution in [0.2, 0.25) is 0 Å². The van der Waals surface area contributed by atoms with E-state index in [1.54, 1.807) is 0 Å². The van der Waals surface area contributed by atoms with E-state index in [1.807, 2.05) is 17.5 Å². The summed E-state index contributed by atoms with van der Waals surface area (Å²) in [4.78, 5) is 16.6. The lowest BCUT2D eigenvalue weighted by Crippen LogP contribution is -2.11. The number of thiazole rings is 1. The van der Waals surface area contributed by atoms with Crippen LogP contribution in [0.1, 0.15) is 35.7 Å². The van der Waals surface area contributed by atoms with Gasteiger partial charge in [-0.3, -0.25) is 10.1 Å². The highest BCUT2D eigenvalue weighted by atomic mass is 32.1. The Morgan fingerprint density at radius 1 is 1.08 bits per heavy atom. The molecule has 24 heavy (non-hydrogen) atoms. The van der Waals surface area contributed by atoms with Crippen molar-refractivity contribution in [2.75, 3.05) is 5.32 Å². The number of anilines is 1. The number of aromatic nitrogens is 1. The van der Waals surface area contributed by atoms with Crippen LogP contribution in [0.15, 0.2) is 53.9 Å². The Hall–Kier alpha value is -2.53. The van der Waals surface area contributed by atoms with Crippen LogP contribution in [0.3, 0.4) is 0 Å². The standard InChI is InChI=1S/C19H17FN2OS/c1-12(2)13-3-5-14(6-4-13)17-11-24-19(21-17)22-18(23)15-7-9-16(20)10-8-15/h3-12H,1-2H3,(H,21,22,23). The molecule has 0 unspecified atom stereocenters. The fraction of sp³-hybridized carbons (Fsp3) is 0.158. The van der Waals surface area contributed by atoms with Crippen molar-refractivity contribution in [3.05, 3.63) is 70.9 Å². The molecule has 0 aliphatic rings. The molecule has 1 N–H and O–H groups in total. The van der Waals surface area contributed by atoms with Gasteiger partial charge < -0.3 is 0 Å². The predicted molar refractivity (Wildman–Crippen MR) is 96.0 cm³/mol. The van der Waals surface area contributed by atoms with E-state index in [0.717, 1.165) is 11.3 Å². The highest BCUT2D eigenvalue weighted by molar-refractivity contribution is 7.14. The maximum Gasteiger partial charge on any atom is 0.257 e. The van der Waals surface area contributed by atoms with Gasteiger partial charge in [-0.1, -0.05) is 38.1 Å². The second kappa shape index (κ2) is 6.93. The first kappa shape index (κ1) is 16.3. The zero-order chi connectivity index (χ0) is 17.1. The summed E-state index contributed by atoms with van der Waals surface area (Å²) in [5, 5.41) is 5.17. The van der Waals surface area contributed by atoms with Gasteiger partial charge in [0.05, 0.1) is 5.69 Å². The molecule has 2 aromatic carbocycles. The van der Waals surface area contributed by atoms with E-state index in [-0.39, 0.29) is 11.7 Å². The van der Waals surface area contributed by atoms with Crippen LogP contribution >= 0.6 is 11.3 Å². The van der Waals surface area contributed by atoms with Crippen LogP contribution in [0.25, 0.3) is 11.3 Å². The SMILES string of the molecule is CC(C)c1ccc(-c2csc(NC(=O)c3ccc(F)cc3)n2)cc1. The number of carbonyl (C=O) groups excluding carboxylic acids is 1. The summed E-state index contributed by atoms with van der Waals surface area (Å²) in [7, 11) is 0. The maximum absolute atomic E-state index is 12.9. The third-order valence-corrected chi connectivity index (χ3v) is 4.46. The molecule has 0 aliphatic heterocycles. The number of benzene rings is 2. The number of halogens is 1. The summed E-state index contributed by atoms with van der Waals surface area (Å²) in [6, 6.07) is 13.7. The lowest BCUT2D eigenvalue weighted by atomic mass is 10.0. The van der Waals surface area contributed by atoms with Crippen LogP contribution in [-0.2, 0) is 0 Å². The van der Waals surface area contributed by atoms with Gasteiger partial charge >= 0.3 is 0 Å². The lowest BCUT2D eigenvalue weighted by Gasteiger charge is -2.05. The van der Waals surface area contributed by atoms with Crippen molar-refractivity contribution >= 4 is 22.4 Å². The third kappa shape index (κ3) is 3.68. The Bertz CT molecular complexity index is 839. The fourth-order valence-corrected chi connectivity index (χ4v) is 2.99. The molecule has 0 atom stereocenters. The van der Waals surface area contributed by atoms with Gasteiger partial charge in [0, 0.05) is 16.5 Å². The Labute approximate surface area is 144 Å². The van der Waals surface area contributed by atoms with E-state index in [1.165, 1.54) is 41.2 Å². The largest absolute Gasteiger partial charge is 0.298 e. The molecule has 0 saturated carbocycles. The highest BCUT2D eigenvalue weighted by Crippen LogP contribution is 2.26. The zero-order valence-corrected chi connectivity index (χ0v) is 14.2. The Balaban J connectivity index is 1.73. The summed E-state index contributed by atoms with van der Waals surface area (Å²) in [6.07, 6.45) is 0. The van der Waals surface area contributed by atoms with Crippen molar-refractivity contribution in [2.24, 2.45) is 0 Å². The highest BCUT2D eigenvalue weighted by Gasteiger charge is 2.10. The topological polar surface area (TPSA) is 42.0 Å². The number of hydrogen-bond acceptors (Lipinski definition) is 3. The van der Waals surface area contributed by atoms with E-state index in [9.17, 15) is 9.18 Å². The van der Waals surface area contributed by atoms with Gasteiger partial charge in [0.2, 0.25) is 0 Å². The van der Waals surface area contributed by atoms with Gasteiger partial charge in [-0.2, -0.15) is 0 Å². The number of nitrogens with zero attached hydrogens (tertiary/aromatic N) is 1. The van der Waals surface area contributed by atoms with Crippen LogP contribution in [-0.4, -0.2) is 10.9 Å². The van der Waals surface area contributed by atoms with Gasteiger partial charge in [-0.15, -0.1) is 11.3 Å². The molecule has 1 aromatic heterocycles. The Morgan fingerprint density at radius 2 is 1.75 bits per heavy atom. The van der Waals surface area contributed by atoms with Gasteiger partial charge in [0.25, 0.3) is 5.91 Å². The average molecular weight is 340 g/mol. The smallest absolute Gasteiger partial charge is 0.257 e. The van der Waals surface area contributed by atoms with E-state index >= 15 is 0 Å². The van der Waals surface area contributed by atoms with E-state index in [4.69, 9.17) is 0 Å². The van der Waals surface area contributed by atoms with Crippen LogP contribution in [0.4, 0.5) is 9.52 Å². The maximum atomic E-state index is 12.9. The number of rotatable bonds is 4. The third-order valence-electron chi connectivity index (χ3n) is 3.70. The molecule has 3 aromatic rings. The van der Waals surface area contributed by atoms with Crippen molar-refractivity contribution in [1.82, 2.24) is 4.98 Å². The number of hydrogen-bond donors (Lipinski definition) is 1. The molecule has 0 bridgehead atoms. The lowest BCUT2D eigenvalue weighted by molar-refractivity contribution is 0.102. The second-order valence-corrected chi connectivity index (χ2v) is 6.63. The van der Waals surface area contributed by atoms with Crippen molar-refractivity contribution in [3.63, 3.8) is 0 Å². The van der Waals surface area contributed by atoms with Crippen molar-refractivity contribution in [2.45, 2.75) is 19.8 Å². The molecule has 0 spiro atoms. The quantitative estimate of drug-likeness (QED) is 0.698. The van der Waals surface area contributed by atoms with Gasteiger partial charge in [0.15, 0.2) is 5.13 Å². The number of amides is 1. The second-order valence-electron chi connectivity index (χ2n) is 5.78. The summed E-state index contributed by atoms with van der Waals surface area (Å²) in [5.74, 6) is -0.181. The van der Waals surface area contributed by atoms with Crippen molar-refractivity contribution in [1.29, 1.82) is 0 Å². The molecule has 122 valence electrons. The molecular formula is C19H17FN2OS. The van der Waals surface area contributed by atoms with Crippen molar-refractivity contribution < 1.29 is 9.18 Å². The molecule has 0 radical (unpaired) electrons. The summed E-state index contributed by atoms with van der Waals surface area (Å²) >= 11 is 1.36. The minimum absolute atomic E-state index is 0.300. The molecule has 0 fully saturated rings. The molecule has 5 heteroatoms. The Morgan fingerprint density at radius 3 is 2.38 bits per heavy atom. The number of carbonyl (C=O) groups is 1. The van der Waals surface area contributed by atoms with Gasteiger partial charge in [0.1, 0.15) is 5.82 Å². The molecule has 0 saturated heterocycles. The summed E-state index contributed by atoms with van der Waals surface area (Å²) in [5.41, 5.74) is 3.51. The van der Waals surface area contributed by atoms with Gasteiger partial charge in [-0.05, 0) is 35.7 Å². The summed E-state index contributed by atoms with van der Waals surface area (Å²) < 4.78 is 12.9. The predicted octanol–water partition coefficient (Wildman–Crippen LogP) is 5.32. The summed E-state index contributed by atoms with van der Waals surface area (Å²) in [6.45, 7) is 4.31. The molecule has 1 heterocycles. The minimum Gasteiger partial charge on any atom is -0.298 e. The van der Waals surface area contributed by atoms with Crippen molar-refractivity contribution in [3.8, 4) is 11.3 Å². The van der Waals surface area contributed by atoms with E-state index in [0.29, 0.717) is 16.6 Å². The van der Waals surface area contributed by atoms with E-state index < -0.39 is 0 Å². The van der Waals surface area contributed by atoms with Crippen LogP contribution in [0.5, 0.6) is 0 Å². The molecule has 1 amide bonds.